The molecule has 15 heavy (non-hydrogen) atoms. The molecule has 0 saturated heterocycles. The van der Waals surface area contributed by atoms with Gasteiger partial charge >= 0.3 is 0 Å². The lowest BCUT2D eigenvalue weighted by molar-refractivity contribution is 0.642. The number of nitrogens with one attached hydrogen (secondary N) is 1. The predicted octanol–water partition coefficient (Wildman–Crippen LogP) is 2.24. The first-order chi connectivity index (χ1) is 7.33. The Labute approximate surface area is 91.4 Å². The summed E-state index contributed by atoms with van der Waals surface area (Å²) in [7, 11) is 0. The second-order valence-corrected chi connectivity index (χ2v) is 4.27. The smallest absolute Gasteiger partial charge is 0.267 e. The average Bonchev–Trinajstić information content (AvgIpc) is 2.29. The van der Waals surface area contributed by atoms with Gasteiger partial charge in [-0.05, 0) is 44.1 Å². The summed E-state index contributed by atoms with van der Waals surface area (Å²) in [5.41, 5.74) is 3.41. The number of rotatable bonds is 3. The number of H-pyrrole nitrogens is 1. The van der Waals surface area contributed by atoms with Gasteiger partial charge in [-0.25, -0.2) is 5.10 Å². The first-order valence-electron chi connectivity index (χ1n) is 5.92. The van der Waals surface area contributed by atoms with Crippen molar-refractivity contribution in [3.8, 4) is 0 Å². The van der Waals surface area contributed by atoms with E-state index in [1.807, 2.05) is 0 Å². The van der Waals surface area contributed by atoms with E-state index in [0.29, 0.717) is 0 Å². The number of nitrogens with zero attached hydrogens (tertiary/aromatic N) is 1. The molecule has 3 heteroatoms. The third-order valence-electron chi connectivity index (χ3n) is 3.15. The molecule has 1 heterocycles. The Balaban J connectivity index is 0.00000128. The molecule has 0 saturated carbocycles. The summed E-state index contributed by atoms with van der Waals surface area (Å²) in [6.07, 6.45) is 7.68. The van der Waals surface area contributed by atoms with E-state index in [0.717, 1.165) is 43.4 Å². The summed E-state index contributed by atoms with van der Waals surface area (Å²) in [6, 6.07) is 0. The summed E-state index contributed by atoms with van der Waals surface area (Å²) >= 11 is 0. The van der Waals surface area contributed by atoms with Gasteiger partial charge in [-0.15, -0.1) is 0 Å². The molecule has 0 bridgehead atoms. The molecule has 0 spiro atoms. The Hall–Kier alpha value is -1.12. The first kappa shape index (κ1) is 10.4. The highest BCUT2D eigenvalue weighted by molar-refractivity contribution is 5.30. The lowest BCUT2D eigenvalue weighted by Gasteiger charge is -2.16. The lowest BCUT2D eigenvalue weighted by Crippen LogP contribution is -2.22. The normalized spacial score (nSPS) is 15.0. The van der Waals surface area contributed by atoms with Gasteiger partial charge in [0.1, 0.15) is 0 Å². The van der Waals surface area contributed by atoms with E-state index < -0.39 is 0 Å². The van der Waals surface area contributed by atoms with E-state index >= 15 is 0 Å². The lowest BCUT2D eigenvalue weighted by atomic mass is 9.90. The van der Waals surface area contributed by atoms with Crippen molar-refractivity contribution >= 4 is 0 Å². The zero-order valence-corrected chi connectivity index (χ0v) is 9.31. The number of aromatic nitrogens is 2. The number of hydrogen-bond acceptors (Lipinski definition) is 2. The molecule has 84 valence electrons. The van der Waals surface area contributed by atoms with Gasteiger partial charge in [0.05, 0.1) is 5.69 Å². The molecule has 1 N–H and O–H groups in total. The second-order valence-electron chi connectivity index (χ2n) is 4.27. The largest absolute Gasteiger partial charge is 0.268 e. The van der Waals surface area contributed by atoms with Crippen LogP contribution in [-0.4, -0.2) is 10.2 Å². The summed E-state index contributed by atoms with van der Waals surface area (Å²) in [5.74, 6) is 0. The maximum absolute atomic E-state index is 11.6. The van der Waals surface area contributed by atoms with Gasteiger partial charge in [-0.3, -0.25) is 4.79 Å². The van der Waals surface area contributed by atoms with Crippen LogP contribution >= 0.6 is 0 Å². The van der Waals surface area contributed by atoms with Crippen molar-refractivity contribution in [1.29, 1.82) is 0 Å². The van der Waals surface area contributed by atoms with E-state index in [2.05, 4.69) is 17.1 Å². The molecule has 1 aromatic rings. The fraction of sp³-hybridized carbons (Fsp3) is 0.667. The molecule has 2 rings (SSSR count). The summed E-state index contributed by atoms with van der Waals surface area (Å²) in [4.78, 5) is 11.6. The summed E-state index contributed by atoms with van der Waals surface area (Å²) in [6.45, 7) is 2.18. The topological polar surface area (TPSA) is 45.8 Å². The molecule has 1 aliphatic carbocycles. The minimum Gasteiger partial charge on any atom is -0.268 e. The fourth-order valence-corrected chi connectivity index (χ4v) is 2.28. The third-order valence-corrected chi connectivity index (χ3v) is 3.15. The number of aryl methyl sites for hydroxylation is 1. The van der Waals surface area contributed by atoms with Gasteiger partial charge < -0.3 is 0 Å². The van der Waals surface area contributed by atoms with Crippen molar-refractivity contribution < 1.29 is 1.43 Å². The van der Waals surface area contributed by atoms with Crippen LogP contribution in [0.4, 0.5) is 0 Å². The van der Waals surface area contributed by atoms with Crippen LogP contribution < -0.4 is 5.56 Å². The molecule has 0 fully saturated rings. The van der Waals surface area contributed by atoms with E-state index in [4.69, 9.17) is 0 Å². The molecule has 0 aliphatic heterocycles. The second kappa shape index (κ2) is 4.60. The Bertz CT molecular complexity index is 400. The van der Waals surface area contributed by atoms with E-state index in [-0.39, 0.29) is 6.99 Å². The highest BCUT2D eigenvalue weighted by Gasteiger charge is 2.16. The molecule has 0 unspecified atom stereocenters. The van der Waals surface area contributed by atoms with E-state index in [1.54, 1.807) is 0 Å². The third kappa shape index (κ3) is 2.11. The molecule has 0 aromatic carbocycles. The molecule has 3 nitrogen and oxygen atoms in total. The Morgan fingerprint density at radius 1 is 1.33 bits per heavy atom. The highest BCUT2D eigenvalue weighted by Crippen LogP contribution is 2.20. The van der Waals surface area contributed by atoms with Crippen LogP contribution in [0.1, 0.15) is 50.9 Å². The number of aromatic amines is 1. The molecule has 0 radical (unpaired) electrons. The zero-order valence-electron chi connectivity index (χ0n) is 9.31. The molecule has 1 aliphatic rings. The van der Waals surface area contributed by atoms with Crippen molar-refractivity contribution in [1.82, 2.24) is 10.2 Å². The maximum atomic E-state index is 11.6. The first-order valence-corrected chi connectivity index (χ1v) is 5.92. The minimum absolute atomic E-state index is 0. The minimum atomic E-state index is 0. The SMILES string of the molecule is CCCCc1n[nH]c(=O)c2c1CCCC2.[HH]. The maximum Gasteiger partial charge on any atom is 0.267 e. The van der Waals surface area contributed by atoms with Gasteiger partial charge in [-0.2, -0.15) is 5.10 Å². The van der Waals surface area contributed by atoms with Crippen molar-refractivity contribution in [2.75, 3.05) is 0 Å². The quantitative estimate of drug-likeness (QED) is 0.828. The van der Waals surface area contributed by atoms with Gasteiger partial charge in [0.15, 0.2) is 0 Å². The molecule has 0 atom stereocenters. The van der Waals surface area contributed by atoms with E-state index in [1.165, 1.54) is 18.4 Å². The van der Waals surface area contributed by atoms with Crippen molar-refractivity contribution in [3.05, 3.63) is 27.2 Å². The van der Waals surface area contributed by atoms with E-state index in [9.17, 15) is 4.79 Å². The summed E-state index contributed by atoms with van der Waals surface area (Å²) < 4.78 is 0. The van der Waals surface area contributed by atoms with Crippen molar-refractivity contribution in [3.63, 3.8) is 0 Å². The standard InChI is InChI=1S/C12H18N2O.H2/c1-2-3-8-11-9-6-4-5-7-10(9)12(15)14-13-11;/h2-8H2,1H3,(H,14,15);1H. The highest BCUT2D eigenvalue weighted by atomic mass is 16.1. The molecular formula is C12H20N2O. The fourth-order valence-electron chi connectivity index (χ4n) is 2.28. The van der Waals surface area contributed by atoms with Crippen molar-refractivity contribution in [2.24, 2.45) is 0 Å². The van der Waals surface area contributed by atoms with Crippen molar-refractivity contribution in [2.45, 2.75) is 51.9 Å². The number of fused-ring (bicyclic) bond motifs is 1. The molecule has 1 aromatic heterocycles. The number of unbranched alkanes of at least 4 members (excludes halogenated alkanes) is 1. The van der Waals surface area contributed by atoms with Crippen LogP contribution in [0.25, 0.3) is 0 Å². The van der Waals surface area contributed by atoms with Gasteiger partial charge in [-0.1, -0.05) is 13.3 Å². The van der Waals surface area contributed by atoms with Crippen LogP contribution in [0, 0.1) is 0 Å². The van der Waals surface area contributed by atoms with Crippen LogP contribution in [0.5, 0.6) is 0 Å². The predicted molar refractivity (Wildman–Crippen MR) is 62.2 cm³/mol. The van der Waals surface area contributed by atoms with Crippen LogP contribution in [0.2, 0.25) is 0 Å². The summed E-state index contributed by atoms with van der Waals surface area (Å²) in [5, 5.41) is 6.82. The van der Waals surface area contributed by atoms with Gasteiger partial charge in [0.2, 0.25) is 0 Å². The van der Waals surface area contributed by atoms with Crippen LogP contribution in [-0.2, 0) is 19.3 Å². The average molecular weight is 208 g/mol. The van der Waals surface area contributed by atoms with Gasteiger partial charge in [0.25, 0.3) is 5.56 Å². The van der Waals surface area contributed by atoms with Crippen LogP contribution in [0.3, 0.4) is 0 Å². The monoisotopic (exact) mass is 208 g/mol. The molecular weight excluding hydrogens is 188 g/mol. The Kier molecular flexibility index (Phi) is 3.19. The van der Waals surface area contributed by atoms with Gasteiger partial charge in [0, 0.05) is 6.99 Å². The number of hydrogen-bond donors (Lipinski definition) is 1. The molecule has 0 amide bonds. The Morgan fingerprint density at radius 3 is 2.80 bits per heavy atom. The Morgan fingerprint density at radius 2 is 2.07 bits per heavy atom. The van der Waals surface area contributed by atoms with Crippen LogP contribution in [0.15, 0.2) is 4.79 Å². The zero-order chi connectivity index (χ0) is 10.7.